The van der Waals surface area contributed by atoms with Crippen LogP contribution in [0.15, 0.2) is 0 Å². The van der Waals surface area contributed by atoms with Crippen LogP contribution in [0.3, 0.4) is 0 Å². The highest BCUT2D eigenvalue weighted by atomic mass is 16.6. The Labute approximate surface area is 136 Å². The lowest BCUT2D eigenvalue weighted by molar-refractivity contribution is 0.0133. The van der Waals surface area contributed by atoms with E-state index in [9.17, 15) is 4.79 Å². The number of alkyl carbamates (subject to hydrolysis) is 1. The van der Waals surface area contributed by atoms with Crippen molar-refractivity contribution in [1.29, 1.82) is 0 Å². The quantitative estimate of drug-likeness (QED) is 0.721. The predicted octanol–water partition coefficient (Wildman–Crippen LogP) is 3.33. The zero-order valence-corrected chi connectivity index (χ0v) is 15.9. The van der Waals surface area contributed by atoms with Crippen LogP contribution in [0, 0.1) is 5.92 Å². The van der Waals surface area contributed by atoms with E-state index >= 15 is 0 Å². The van der Waals surface area contributed by atoms with Gasteiger partial charge in [-0.05, 0) is 60.4 Å². The first-order valence-corrected chi connectivity index (χ1v) is 8.08. The molecular weight excluding hydrogens is 280 g/mol. The summed E-state index contributed by atoms with van der Waals surface area (Å²) in [5, 5.41) is 6.42. The van der Waals surface area contributed by atoms with Crippen molar-refractivity contribution in [2.45, 2.75) is 78.6 Å². The molecule has 0 bridgehead atoms. The Morgan fingerprint density at radius 1 is 1.09 bits per heavy atom. The van der Waals surface area contributed by atoms with Crippen LogP contribution in [0.1, 0.15) is 61.8 Å². The van der Waals surface area contributed by atoms with Gasteiger partial charge in [0.05, 0.1) is 5.60 Å². The van der Waals surface area contributed by atoms with E-state index in [0.717, 1.165) is 13.0 Å². The van der Waals surface area contributed by atoms with Gasteiger partial charge in [-0.2, -0.15) is 0 Å². The van der Waals surface area contributed by atoms with Gasteiger partial charge >= 0.3 is 6.09 Å². The number of methoxy groups -OCH3 is 1. The minimum atomic E-state index is -0.478. The van der Waals surface area contributed by atoms with Gasteiger partial charge < -0.3 is 20.1 Å². The molecule has 5 nitrogen and oxygen atoms in total. The average molecular weight is 316 g/mol. The van der Waals surface area contributed by atoms with Crippen molar-refractivity contribution in [3.05, 3.63) is 0 Å². The highest BCUT2D eigenvalue weighted by Gasteiger charge is 2.30. The van der Waals surface area contributed by atoms with E-state index in [1.807, 2.05) is 20.8 Å². The number of carbonyl (C=O) groups is 1. The molecule has 0 saturated heterocycles. The number of nitrogens with one attached hydrogen (secondary N) is 2. The van der Waals surface area contributed by atoms with Crippen LogP contribution in [0.4, 0.5) is 4.79 Å². The van der Waals surface area contributed by atoms with Crippen molar-refractivity contribution in [1.82, 2.24) is 10.6 Å². The van der Waals surface area contributed by atoms with E-state index in [4.69, 9.17) is 9.47 Å². The van der Waals surface area contributed by atoms with Gasteiger partial charge in [0, 0.05) is 19.2 Å². The molecule has 0 spiro atoms. The van der Waals surface area contributed by atoms with Crippen LogP contribution in [0.25, 0.3) is 0 Å². The molecule has 1 atom stereocenters. The summed E-state index contributed by atoms with van der Waals surface area (Å²) >= 11 is 0. The van der Waals surface area contributed by atoms with E-state index in [0.29, 0.717) is 12.5 Å². The molecule has 0 aliphatic rings. The maximum Gasteiger partial charge on any atom is 0.407 e. The van der Waals surface area contributed by atoms with Gasteiger partial charge in [0.1, 0.15) is 5.60 Å². The molecular formula is C17H36N2O3. The maximum absolute atomic E-state index is 11.8. The summed E-state index contributed by atoms with van der Waals surface area (Å²) < 4.78 is 10.7. The van der Waals surface area contributed by atoms with Gasteiger partial charge in [0.15, 0.2) is 0 Å². The average Bonchev–Trinajstić information content (AvgIpc) is 2.34. The summed E-state index contributed by atoms with van der Waals surface area (Å²) in [6.45, 7) is 17.5. The Hall–Kier alpha value is -0.810. The molecule has 0 aliphatic heterocycles. The largest absolute Gasteiger partial charge is 0.444 e. The normalized spacial score (nSPS) is 15.5. The fraction of sp³-hybridized carbons (Fsp3) is 0.941. The summed E-state index contributed by atoms with van der Waals surface area (Å²) in [6.07, 6.45) is 0.525. The fourth-order valence-electron chi connectivity index (χ4n) is 1.79. The van der Waals surface area contributed by atoms with Crippen molar-refractivity contribution < 1.29 is 14.3 Å². The lowest BCUT2D eigenvalue weighted by Crippen LogP contribution is -2.56. The Morgan fingerprint density at radius 3 is 2.05 bits per heavy atom. The van der Waals surface area contributed by atoms with Crippen LogP contribution >= 0.6 is 0 Å². The van der Waals surface area contributed by atoms with E-state index in [2.05, 4.69) is 45.3 Å². The molecule has 0 aromatic heterocycles. The van der Waals surface area contributed by atoms with E-state index in [-0.39, 0.29) is 17.2 Å². The molecule has 132 valence electrons. The standard InChI is InChI=1S/C17H36N2O3/c1-13(2)17(8,19-11-10-16(6,7)21-9)12-18-14(20)22-15(3,4)5/h13,19H,10-12H2,1-9H3,(H,18,20). The summed E-state index contributed by atoms with van der Waals surface area (Å²) in [5.74, 6) is 0.369. The molecule has 0 radical (unpaired) electrons. The van der Waals surface area contributed by atoms with Gasteiger partial charge in [-0.15, -0.1) is 0 Å². The topological polar surface area (TPSA) is 59.6 Å². The van der Waals surface area contributed by atoms with Crippen molar-refractivity contribution >= 4 is 6.09 Å². The van der Waals surface area contributed by atoms with Crippen LogP contribution in [0.2, 0.25) is 0 Å². The van der Waals surface area contributed by atoms with Gasteiger partial charge in [0.2, 0.25) is 0 Å². The fourth-order valence-corrected chi connectivity index (χ4v) is 1.79. The number of rotatable bonds is 8. The van der Waals surface area contributed by atoms with Gasteiger partial charge in [0.25, 0.3) is 0 Å². The first-order chi connectivity index (χ1) is 9.81. The first kappa shape index (κ1) is 21.2. The number of hydrogen-bond donors (Lipinski definition) is 2. The minimum absolute atomic E-state index is 0.149. The second kappa shape index (κ2) is 8.16. The number of ether oxygens (including phenoxy) is 2. The molecule has 5 heteroatoms. The zero-order valence-electron chi connectivity index (χ0n) is 15.9. The minimum Gasteiger partial charge on any atom is -0.444 e. The predicted molar refractivity (Wildman–Crippen MR) is 91.2 cm³/mol. The molecule has 0 aromatic rings. The SMILES string of the molecule is COC(C)(C)CCNC(C)(CNC(=O)OC(C)(C)C)C(C)C. The molecule has 1 amide bonds. The molecule has 0 aromatic carbocycles. The highest BCUT2D eigenvalue weighted by Crippen LogP contribution is 2.18. The van der Waals surface area contributed by atoms with Crippen LogP contribution in [-0.4, -0.2) is 43.0 Å². The highest BCUT2D eigenvalue weighted by molar-refractivity contribution is 5.67. The molecule has 0 fully saturated rings. The second-order valence-electron chi connectivity index (χ2n) is 8.07. The first-order valence-electron chi connectivity index (χ1n) is 8.08. The number of amides is 1. The number of hydrogen-bond acceptors (Lipinski definition) is 4. The van der Waals surface area contributed by atoms with Crippen LogP contribution in [0.5, 0.6) is 0 Å². The van der Waals surface area contributed by atoms with Crippen molar-refractivity contribution in [2.75, 3.05) is 20.2 Å². The van der Waals surface area contributed by atoms with Crippen LogP contribution in [-0.2, 0) is 9.47 Å². The smallest absolute Gasteiger partial charge is 0.407 e. The third-order valence-electron chi connectivity index (χ3n) is 4.08. The van der Waals surface area contributed by atoms with Gasteiger partial charge in [-0.3, -0.25) is 0 Å². The Morgan fingerprint density at radius 2 is 1.64 bits per heavy atom. The molecule has 0 heterocycles. The number of carbonyl (C=O) groups excluding carboxylic acids is 1. The molecule has 1 unspecified atom stereocenters. The summed E-state index contributed by atoms with van der Waals surface area (Å²) in [4.78, 5) is 11.8. The van der Waals surface area contributed by atoms with Crippen molar-refractivity contribution in [3.63, 3.8) is 0 Å². The Balaban J connectivity index is 4.48. The summed E-state index contributed by atoms with van der Waals surface area (Å²) in [7, 11) is 1.73. The van der Waals surface area contributed by atoms with Crippen LogP contribution < -0.4 is 10.6 Å². The lowest BCUT2D eigenvalue weighted by atomic mass is 9.88. The Kier molecular flexibility index (Phi) is 7.86. The van der Waals surface area contributed by atoms with Crippen molar-refractivity contribution in [2.24, 2.45) is 5.92 Å². The molecule has 0 saturated carbocycles. The molecule has 0 rings (SSSR count). The second-order valence-corrected chi connectivity index (χ2v) is 8.07. The monoisotopic (exact) mass is 316 g/mol. The van der Waals surface area contributed by atoms with Gasteiger partial charge in [-0.25, -0.2) is 4.79 Å². The van der Waals surface area contributed by atoms with E-state index in [1.165, 1.54) is 0 Å². The zero-order chi connectivity index (χ0) is 17.6. The van der Waals surface area contributed by atoms with E-state index in [1.54, 1.807) is 7.11 Å². The summed E-state index contributed by atoms with van der Waals surface area (Å²) in [5.41, 5.74) is -0.821. The Bertz CT molecular complexity index is 348. The van der Waals surface area contributed by atoms with Gasteiger partial charge in [-0.1, -0.05) is 13.8 Å². The van der Waals surface area contributed by atoms with Crippen molar-refractivity contribution in [3.8, 4) is 0 Å². The molecule has 2 N–H and O–H groups in total. The van der Waals surface area contributed by atoms with E-state index < -0.39 is 5.60 Å². The lowest BCUT2D eigenvalue weighted by Gasteiger charge is -2.36. The summed E-state index contributed by atoms with van der Waals surface area (Å²) in [6, 6.07) is 0. The molecule has 0 aliphatic carbocycles. The molecule has 22 heavy (non-hydrogen) atoms. The maximum atomic E-state index is 11.8. The third-order valence-corrected chi connectivity index (χ3v) is 4.08. The third kappa shape index (κ3) is 8.59.